The molecule has 166 valence electrons. The van der Waals surface area contributed by atoms with Crippen LogP contribution >= 0.6 is 0 Å². The lowest BCUT2D eigenvalue weighted by molar-refractivity contribution is -0.154. The highest BCUT2D eigenvalue weighted by molar-refractivity contribution is 5.71. The van der Waals surface area contributed by atoms with Gasteiger partial charge in [-0.25, -0.2) is 0 Å². The summed E-state index contributed by atoms with van der Waals surface area (Å²) in [7, 11) is 0. The smallest absolute Gasteiger partial charge is 0.306 e. The van der Waals surface area contributed by atoms with E-state index in [2.05, 4.69) is 12.2 Å². The van der Waals surface area contributed by atoms with Gasteiger partial charge in [0.05, 0.1) is 5.92 Å². The standard InChI is InChI=1S/C29H38O2/c30-28(31)18-10-15-9-17(18)26-20-12-22(25(15)26)29(16-4-2-1-3-5-16)21-11-19(27(20)29)23-13-6-7-14(8-13)24(21)23/h6-7,13-27H,1-5,8-12H2,(H,30,31). The van der Waals surface area contributed by atoms with Crippen LogP contribution in [-0.2, 0) is 4.79 Å². The van der Waals surface area contributed by atoms with Crippen molar-refractivity contribution in [2.45, 2.75) is 64.2 Å². The fourth-order valence-corrected chi connectivity index (χ4v) is 14.4. The van der Waals surface area contributed by atoms with E-state index in [1.807, 2.05) is 0 Å². The van der Waals surface area contributed by atoms with Gasteiger partial charge in [0, 0.05) is 0 Å². The van der Waals surface area contributed by atoms with Crippen molar-refractivity contribution < 1.29 is 9.90 Å². The van der Waals surface area contributed by atoms with Crippen molar-refractivity contribution in [2.75, 3.05) is 0 Å². The van der Waals surface area contributed by atoms with Crippen LogP contribution in [0.3, 0.4) is 0 Å². The minimum Gasteiger partial charge on any atom is -0.481 e. The van der Waals surface area contributed by atoms with Crippen LogP contribution in [0.4, 0.5) is 0 Å². The van der Waals surface area contributed by atoms with Crippen LogP contribution in [0.15, 0.2) is 12.2 Å². The summed E-state index contributed by atoms with van der Waals surface area (Å²) in [4.78, 5) is 12.1. The maximum absolute atomic E-state index is 12.1. The predicted octanol–water partition coefficient (Wildman–Crippen LogP) is 5.88. The molecule has 8 bridgehead atoms. The number of carboxylic acid groups (broad SMARTS) is 1. The molecule has 0 aliphatic heterocycles. The molecule has 15 unspecified atom stereocenters. The third-order valence-electron chi connectivity index (χ3n) is 14.1. The van der Waals surface area contributed by atoms with Crippen LogP contribution in [-0.4, -0.2) is 11.1 Å². The Kier molecular flexibility index (Phi) is 3.11. The second-order valence-corrected chi connectivity index (χ2v) is 14.0. The molecular weight excluding hydrogens is 380 g/mol. The van der Waals surface area contributed by atoms with E-state index in [1.165, 1.54) is 51.4 Å². The van der Waals surface area contributed by atoms with Crippen LogP contribution < -0.4 is 0 Å². The molecule has 0 amide bonds. The van der Waals surface area contributed by atoms with E-state index in [1.54, 1.807) is 6.42 Å². The lowest BCUT2D eigenvalue weighted by Gasteiger charge is -2.61. The SMILES string of the molecule is O=C(O)C1CC2CC1C1C3CC(C21)C1(C2CCCCC2)C2CC(C4C5C=CC(C5)C42)C31. The molecule has 8 fully saturated rings. The van der Waals surface area contributed by atoms with Crippen LogP contribution in [0.2, 0.25) is 0 Å². The second-order valence-electron chi connectivity index (χ2n) is 14.0. The first kappa shape index (κ1) is 17.7. The number of allylic oxidation sites excluding steroid dienone is 2. The quantitative estimate of drug-likeness (QED) is 0.449. The number of aliphatic carboxylic acids is 1. The number of carboxylic acids is 1. The molecule has 31 heavy (non-hydrogen) atoms. The zero-order valence-electron chi connectivity index (χ0n) is 18.7. The highest BCUT2D eigenvalue weighted by atomic mass is 16.4. The molecule has 9 aliphatic carbocycles. The molecule has 8 saturated carbocycles. The van der Waals surface area contributed by atoms with Gasteiger partial charge in [0.2, 0.25) is 0 Å². The lowest BCUT2D eigenvalue weighted by Crippen LogP contribution is -2.57. The molecule has 0 spiro atoms. The Morgan fingerprint density at radius 3 is 2.23 bits per heavy atom. The number of rotatable bonds is 2. The van der Waals surface area contributed by atoms with Gasteiger partial charge in [0.1, 0.15) is 0 Å². The van der Waals surface area contributed by atoms with Crippen LogP contribution in [0.25, 0.3) is 0 Å². The van der Waals surface area contributed by atoms with E-state index >= 15 is 0 Å². The van der Waals surface area contributed by atoms with Crippen LogP contribution in [0.5, 0.6) is 0 Å². The Labute approximate surface area is 186 Å². The first-order valence-electron chi connectivity index (χ1n) is 14.1. The van der Waals surface area contributed by atoms with E-state index in [0.717, 1.165) is 83.4 Å². The van der Waals surface area contributed by atoms with E-state index in [-0.39, 0.29) is 5.92 Å². The van der Waals surface area contributed by atoms with E-state index in [4.69, 9.17) is 0 Å². The summed E-state index contributed by atoms with van der Waals surface area (Å²) in [6.45, 7) is 0. The molecule has 2 nitrogen and oxygen atoms in total. The fourth-order valence-electron chi connectivity index (χ4n) is 14.4. The third kappa shape index (κ3) is 1.72. The Bertz CT molecular complexity index is 885. The topological polar surface area (TPSA) is 37.3 Å². The van der Waals surface area contributed by atoms with E-state index < -0.39 is 5.97 Å². The Morgan fingerprint density at radius 2 is 1.45 bits per heavy atom. The highest BCUT2D eigenvalue weighted by Gasteiger charge is 2.82. The third-order valence-corrected chi connectivity index (χ3v) is 14.1. The van der Waals surface area contributed by atoms with Gasteiger partial charge < -0.3 is 5.11 Å². The summed E-state index contributed by atoms with van der Waals surface area (Å²) in [5.74, 6) is 12.5. The molecule has 0 aromatic rings. The van der Waals surface area contributed by atoms with Crippen molar-refractivity contribution in [3.8, 4) is 0 Å². The first-order chi connectivity index (χ1) is 15.2. The van der Waals surface area contributed by atoms with Crippen molar-refractivity contribution in [3.63, 3.8) is 0 Å². The van der Waals surface area contributed by atoms with Gasteiger partial charge in [-0.05, 0) is 133 Å². The average molecular weight is 419 g/mol. The summed E-state index contributed by atoms with van der Waals surface area (Å²) in [5, 5.41) is 9.96. The molecule has 9 aliphatic rings. The Hall–Kier alpha value is -0.790. The normalized spacial score (nSPS) is 66.2. The number of carbonyl (C=O) groups is 1. The second kappa shape index (κ2) is 5.47. The monoisotopic (exact) mass is 418 g/mol. The lowest BCUT2D eigenvalue weighted by atomic mass is 9.43. The summed E-state index contributed by atoms with van der Waals surface area (Å²) < 4.78 is 0. The van der Waals surface area contributed by atoms with E-state index in [9.17, 15) is 9.90 Å². The van der Waals surface area contributed by atoms with Gasteiger partial charge in [-0.3, -0.25) is 4.79 Å². The minimum absolute atomic E-state index is 0.00597. The Balaban J connectivity index is 1.19. The van der Waals surface area contributed by atoms with Crippen molar-refractivity contribution in [2.24, 2.45) is 94.2 Å². The molecule has 15 atom stereocenters. The maximum Gasteiger partial charge on any atom is 0.306 e. The van der Waals surface area contributed by atoms with Crippen molar-refractivity contribution >= 4 is 5.97 Å². The largest absolute Gasteiger partial charge is 0.481 e. The summed E-state index contributed by atoms with van der Waals surface area (Å²) in [6.07, 6.45) is 19.7. The van der Waals surface area contributed by atoms with Gasteiger partial charge in [0.15, 0.2) is 0 Å². The van der Waals surface area contributed by atoms with Crippen molar-refractivity contribution in [1.29, 1.82) is 0 Å². The fraction of sp³-hybridized carbons (Fsp3) is 0.897. The van der Waals surface area contributed by atoms with Crippen molar-refractivity contribution in [3.05, 3.63) is 12.2 Å². The number of hydrogen-bond donors (Lipinski definition) is 1. The molecule has 0 saturated heterocycles. The molecule has 0 heterocycles. The predicted molar refractivity (Wildman–Crippen MR) is 118 cm³/mol. The van der Waals surface area contributed by atoms with Crippen LogP contribution in [0, 0.1) is 94.2 Å². The van der Waals surface area contributed by atoms with Crippen LogP contribution in [0.1, 0.15) is 64.2 Å². The van der Waals surface area contributed by atoms with E-state index in [0.29, 0.717) is 11.3 Å². The van der Waals surface area contributed by atoms with Gasteiger partial charge in [-0.15, -0.1) is 0 Å². The average Bonchev–Trinajstić information content (AvgIpc) is 3.62. The molecule has 0 radical (unpaired) electrons. The van der Waals surface area contributed by atoms with Gasteiger partial charge >= 0.3 is 5.97 Å². The van der Waals surface area contributed by atoms with Gasteiger partial charge in [0.25, 0.3) is 0 Å². The maximum atomic E-state index is 12.1. The van der Waals surface area contributed by atoms with Gasteiger partial charge in [-0.2, -0.15) is 0 Å². The van der Waals surface area contributed by atoms with Crippen molar-refractivity contribution in [1.82, 2.24) is 0 Å². The van der Waals surface area contributed by atoms with Gasteiger partial charge in [-0.1, -0.05) is 31.4 Å². The molecule has 2 heteroatoms. The zero-order valence-corrected chi connectivity index (χ0v) is 18.7. The summed E-state index contributed by atoms with van der Waals surface area (Å²) >= 11 is 0. The Morgan fingerprint density at radius 1 is 0.742 bits per heavy atom. The molecular formula is C29H38O2. The number of fused-ring (bicyclic) bond motifs is 23. The number of hydrogen-bond acceptors (Lipinski definition) is 1. The summed E-state index contributed by atoms with van der Waals surface area (Å²) in [5.41, 5.74) is 0.694. The molecule has 0 aromatic carbocycles. The molecule has 0 aromatic heterocycles. The molecule has 9 rings (SSSR count). The highest BCUT2D eigenvalue weighted by Crippen LogP contribution is 2.87. The minimum atomic E-state index is -0.460. The summed E-state index contributed by atoms with van der Waals surface area (Å²) in [6, 6.07) is 0. The first-order valence-corrected chi connectivity index (χ1v) is 14.1. The molecule has 1 N–H and O–H groups in total. The zero-order chi connectivity index (χ0) is 20.2.